The molecule has 150 valence electrons. The molecule has 0 spiro atoms. The first-order valence-electron chi connectivity index (χ1n) is 9.23. The molecule has 6 heteroatoms. The predicted molar refractivity (Wildman–Crippen MR) is 106 cm³/mol. The highest BCUT2D eigenvalue weighted by molar-refractivity contribution is 6.03. The second kappa shape index (κ2) is 8.42. The maximum atomic E-state index is 12.5. The van der Waals surface area contributed by atoms with Crippen LogP contribution in [-0.2, 0) is 14.9 Å². The fourth-order valence-corrected chi connectivity index (χ4v) is 2.93. The number of hydrogen-bond acceptors (Lipinski definition) is 5. The van der Waals surface area contributed by atoms with Gasteiger partial charge >= 0.3 is 11.9 Å². The Bertz CT molecular complexity index is 885. The molecule has 2 aromatic rings. The minimum absolute atomic E-state index is 0.0158. The van der Waals surface area contributed by atoms with Crippen LogP contribution in [0.4, 0.5) is 0 Å². The van der Waals surface area contributed by atoms with Crippen molar-refractivity contribution >= 4 is 17.7 Å². The first-order chi connectivity index (χ1) is 13.1. The average Bonchev–Trinajstić information content (AvgIpc) is 2.93. The van der Waals surface area contributed by atoms with Gasteiger partial charge in [-0.15, -0.1) is 0 Å². The Morgan fingerprint density at radius 2 is 1.57 bits per heavy atom. The van der Waals surface area contributed by atoms with Gasteiger partial charge in [0.05, 0.1) is 23.4 Å². The molecule has 1 aromatic carbocycles. The van der Waals surface area contributed by atoms with Gasteiger partial charge in [-0.2, -0.15) is 0 Å². The molecule has 1 heterocycles. The normalized spacial score (nSPS) is 11.2. The number of nitrogens with one attached hydrogen (secondary N) is 1. The number of carbonyl (C=O) groups is 3. The number of aryl methyl sites for hydroxylation is 1. The molecule has 0 aliphatic carbocycles. The van der Waals surface area contributed by atoms with Gasteiger partial charge in [-0.3, -0.25) is 4.79 Å². The quantitative estimate of drug-likeness (QED) is 0.596. The van der Waals surface area contributed by atoms with Crippen molar-refractivity contribution in [3.8, 4) is 0 Å². The fraction of sp³-hybridized carbons (Fsp3) is 0.409. The van der Waals surface area contributed by atoms with Crippen LogP contribution in [0.3, 0.4) is 0 Å². The van der Waals surface area contributed by atoms with E-state index in [-0.39, 0.29) is 17.7 Å². The van der Waals surface area contributed by atoms with E-state index in [9.17, 15) is 14.4 Å². The van der Waals surface area contributed by atoms with Crippen LogP contribution in [-0.4, -0.2) is 35.9 Å². The molecule has 0 aliphatic rings. The molecular weight excluding hydrogens is 358 g/mol. The Balaban J connectivity index is 2.07. The number of aromatic nitrogens is 1. The third-order valence-electron chi connectivity index (χ3n) is 4.52. The predicted octanol–water partition coefficient (Wildman–Crippen LogP) is 4.15. The van der Waals surface area contributed by atoms with Crippen molar-refractivity contribution in [2.75, 3.05) is 13.2 Å². The molecule has 28 heavy (non-hydrogen) atoms. The zero-order valence-electron chi connectivity index (χ0n) is 17.3. The Labute approximate surface area is 165 Å². The van der Waals surface area contributed by atoms with E-state index < -0.39 is 24.3 Å². The molecule has 0 saturated heterocycles. The summed E-state index contributed by atoms with van der Waals surface area (Å²) in [5.74, 6) is -1.46. The van der Waals surface area contributed by atoms with E-state index in [0.29, 0.717) is 22.4 Å². The summed E-state index contributed by atoms with van der Waals surface area (Å²) in [4.78, 5) is 39.6. The molecule has 0 amide bonds. The molecule has 0 fully saturated rings. The smallest absolute Gasteiger partial charge is 0.340 e. The van der Waals surface area contributed by atoms with Gasteiger partial charge in [-0.25, -0.2) is 9.59 Å². The highest BCUT2D eigenvalue weighted by atomic mass is 16.5. The lowest BCUT2D eigenvalue weighted by molar-refractivity contribution is 0.0472. The summed E-state index contributed by atoms with van der Waals surface area (Å²) < 4.78 is 10.2. The Kier molecular flexibility index (Phi) is 6.44. The van der Waals surface area contributed by atoms with Crippen molar-refractivity contribution in [1.29, 1.82) is 0 Å². The van der Waals surface area contributed by atoms with E-state index >= 15 is 0 Å². The zero-order chi connectivity index (χ0) is 21.1. The molecule has 0 unspecified atom stereocenters. The van der Waals surface area contributed by atoms with E-state index in [1.807, 2.05) is 12.1 Å². The summed E-state index contributed by atoms with van der Waals surface area (Å²) in [5.41, 5.74) is 3.09. The average molecular weight is 385 g/mol. The highest BCUT2D eigenvalue weighted by Gasteiger charge is 2.23. The standard InChI is InChI=1S/C22H27NO5/c1-7-27-21(26)18-13(2)19(23-14(18)3)17(24)12-28-20(25)15-8-10-16(11-9-15)22(4,5)6/h8-11,23H,7,12H2,1-6H3. The van der Waals surface area contributed by atoms with Gasteiger partial charge < -0.3 is 14.5 Å². The van der Waals surface area contributed by atoms with E-state index in [4.69, 9.17) is 9.47 Å². The number of rotatable bonds is 6. The second-order valence-electron chi connectivity index (χ2n) is 7.67. The SMILES string of the molecule is CCOC(=O)c1c(C)[nH]c(C(=O)COC(=O)c2ccc(C(C)(C)C)cc2)c1C. The van der Waals surface area contributed by atoms with E-state index in [0.717, 1.165) is 5.56 Å². The molecule has 1 N–H and O–H groups in total. The van der Waals surface area contributed by atoms with Crippen molar-refractivity contribution in [2.24, 2.45) is 0 Å². The molecule has 0 bridgehead atoms. The second-order valence-corrected chi connectivity index (χ2v) is 7.67. The van der Waals surface area contributed by atoms with Gasteiger partial charge in [0.2, 0.25) is 5.78 Å². The fourth-order valence-electron chi connectivity index (χ4n) is 2.93. The third-order valence-corrected chi connectivity index (χ3v) is 4.52. The maximum absolute atomic E-state index is 12.5. The molecule has 2 rings (SSSR count). The summed E-state index contributed by atoms with van der Waals surface area (Å²) >= 11 is 0. The van der Waals surface area contributed by atoms with Crippen molar-refractivity contribution in [1.82, 2.24) is 4.98 Å². The van der Waals surface area contributed by atoms with Gasteiger partial charge in [-0.1, -0.05) is 32.9 Å². The van der Waals surface area contributed by atoms with Gasteiger partial charge in [0.25, 0.3) is 0 Å². The monoisotopic (exact) mass is 385 g/mol. The number of Topliss-reactive ketones (excluding diaryl/α,β-unsaturated/α-hetero) is 1. The molecule has 6 nitrogen and oxygen atoms in total. The van der Waals surface area contributed by atoms with Gasteiger partial charge in [0, 0.05) is 5.69 Å². The summed E-state index contributed by atoms with van der Waals surface area (Å²) in [6.07, 6.45) is 0. The lowest BCUT2D eigenvalue weighted by Crippen LogP contribution is -2.16. The van der Waals surface area contributed by atoms with Crippen LogP contribution in [0.2, 0.25) is 0 Å². The number of H-pyrrole nitrogens is 1. The van der Waals surface area contributed by atoms with Crippen LogP contribution >= 0.6 is 0 Å². The largest absolute Gasteiger partial charge is 0.462 e. The first-order valence-corrected chi connectivity index (χ1v) is 9.23. The van der Waals surface area contributed by atoms with Gasteiger partial charge in [0.1, 0.15) is 0 Å². The van der Waals surface area contributed by atoms with Crippen molar-refractivity contribution in [3.63, 3.8) is 0 Å². The van der Waals surface area contributed by atoms with Crippen LogP contribution in [0.15, 0.2) is 24.3 Å². The number of carbonyl (C=O) groups excluding carboxylic acids is 3. The molecule has 0 aliphatic heterocycles. The van der Waals surface area contributed by atoms with Crippen LogP contribution in [0.25, 0.3) is 0 Å². The number of ether oxygens (including phenoxy) is 2. The number of benzene rings is 1. The maximum Gasteiger partial charge on any atom is 0.340 e. The van der Waals surface area contributed by atoms with Crippen molar-refractivity contribution in [2.45, 2.75) is 47.0 Å². The van der Waals surface area contributed by atoms with E-state index in [1.165, 1.54) is 0 Å². The summed E-state index contributed by atoms with van der Waals surface area (Å²) in [7, 11) is 0. The lowest BCUT2D eigenvalue weighted by Gasteiger charge is -2.18. The number of esters is 2. The van der Waals surface area contributed by atoms with Crippen LogP contribution in [0.1, 0.15) is 75.7 Å². The topological polar surface area (TPSA) is 85.5 Å². The first kappa shape index (κ1) is 21.4. The van der Waals surface area contributed by atoms with Crippen LogP contribution in [0, 0.1) is 13.8 Å². The van der Waals surface area contributed by atoms with Crippen molar-refractivity contribution < 1.29 is 23.9 Å². The van der Waals surface area contributed by atoms with Crippen LogP contribution < -0.4 is 0 Å². The van der Waals surface area contributed by atoms with E-state index in [1.54, 1.807) is 32.9 Å². The molecule has 0 radical (unpaired) electrons. The van der Waals surface area contributed by atoms with Crippen LogP contribution in [0.5, 0.6) is 0 Å². The highest BCUT2D eigenvalue weighted by Crippen LogP contribution is 2.23. The van der Waals surface area contributed by atoms with Crippen molar-refractivity contribution in [3.05, 3.63) is 57.9 Å². The number of ketones is 1. The molecule has 1 aromatic heterocycles. The molecule has 0 atom stereocenters. The summed E-state index contributed by atoms with van der Waals surface area (Å²) in [6.45, 7) is 11.2. The summed E-state index contributed by atoms with van der Waals surface area (Å²) in [6, 6.07) is 7.14. The minimum Gasteiger partial charge on any atom is -0.462 e. The Morgan fingerprint density at radius 3 is 2.11 bits per heavy atom. The lowest BCUT2D eigenvalue weighted by atomic mass is 9.87. The van der Waals surface area contributed by atoms with Gasteiger partial charge in [-0.05, 0) is 49.4 Å². The summed E-state index contributed by atoms with van der Waals surface area (Å²) in [5, 5.41) is 0. The Morgan fingerprint density at radius 1 is 0.964 bits per heavy atom. The number of hydrogen-bond donors (Lipinski definition) is 1. The third kappa shape index (κ3) is 4.68. The van der Waals surface area contributed by atoms with E-state index in [2.05, 4.69) is 25.8 Å². The zero-order valence-corrected chi connectivity index (χ0v) is 17.3. The Hall–Kier alpha value is -2.89. The van der Waals surface area contributed by atoms with Gasteiger partial charge in [0.15, 0.2) is 6.61 Å². The molecular formula is C22H27NO5. The minimum atomic E-state index is -0.569. The number of aromatic amines is 1. The molecule has 0 saturated carbocycles.